The Morgan fingerprint density at radius 1 is 1.29 bits per heavy atom. The average molecular weight is 288 g/mol. The Hall–Kier alpha value is -2.47. The number of fused-ring (bicyclic) bond motifs is 1. The number of benzene rings is 1. The van der Waals surface area contributed by atoms with Gasteiger partial charge < -0.3 is 14.7 Å². The predicted molar refractivity (Wildman–Crippen MR) is 77.2 cm³/mol. The Kier molecular flexibility index (Phi) is 4.84. The van der Waals surface area contributed by atoms with Crippen molar-refractivity contribution < 1.29 is 19.4 Å². The summed E-state index contributed by atoms with van der Waals surface area (Å²) in [5.41, 5.74) is 1.14. The monoisotopic (exact) mass is 288 g/mol. The van der Waals surface area contributed by atoms with E-state index in [-0.39, 0.29) is 25.6 Å². The number of amides is 1. The molecule has 0 spiro atoms. The zero-order valence-corrected chi connectivity index (χ0v) is 11.7. The molecule has 2 rings (SSSR count). The van der Waals surface area contributed by atoms with Crippen LogP contribution in [0.1, 0.15) is 10.4 Å². The van der Waals surface area contributed by atoms with Crippen molar-refractivity contribution in [2.24, 2.45) is 0 Å². The lowest BCUT2D eigenvalue weighted by atomic mass is 10.1. The maximum Gasteiger partial charge on any atom is 0.323 e. The first-order chi connectivity index (χ1) is 10.1. The number of aliphatic carboxylic acids is 1. The molecule has 0 saturated heterocycles. The van der Waals surface area contributed by atoms with Crippen molar-refractivity contribution in [1.82, 2.24) is 9.88 Å². The zero-order chi connectivity index (χ0) is 15.2. The number of methoxy groups -OCH3 is 1. The van der Waals surface area contributed by atoms with E-state index < -0.39 is 5.97 Å². The Labute approximate surface area is 122 Å². The number of ether oxygens (including phenoxy) is 1. The first kappa shape index (κ1) is 14.9. The minimum atomic E-state index is -1.06. The number of nitrogens with zero attached hydrogens (tertiary/aromatic N) is 2. The molecule has 0 aliphatic heterocycles. The lowest BCUT2D eigenvalue weighted by molar-refractivity contribution is -0.137. The largest absolute Gasteiger partial charge is 0.480 e. The number of pyridine rings is 1. The van der Waals surface area contributed by atoms with Crippen molar-refractivity contribution in [2.45, 2.75) is 0 Å². The molecule has 1 heterocycles. The van der Waals surface area contributed by atoms with E-state index in [4.69, 9.17) is 9.84 Å². The molecule has 21 heavy (non-hydrogen) atoms. The third-order valence-electron chi connectivity index (χ3n) is 3.05. The van der Waals surface area contributed by atoms with Crippen LogP contribution in [0, 0.1) is 0 Å². The summed E-state index contributed by atoms with van der Waals surface area (Å²) in [6.07, 6.45) is 1.65. The molecule has 1 aromatic heterocycles. The van der Waals surface area contributed by atoms with Crippen LogP contribution in [0.3, 0.4) is 0 Å². The Balaban J connectivity index is 2.35. The van der Waals surface area contributed by atoms with E-state index in [1.54, 1.807) is 30.5 Å². The summed E-state index contributed by atoms with van der Waals surface area (Å²) >= 11 is 0. The molecule has 1 amide bonds. The van der Waals surface area contributed by atoms with E-state index in [0.29, 0.717) is 16.5 Å². The standard InChI is InChI=1S/C15H16N2O4/c1-21-9-8-17(10-14(18)19)15(20)12-4-2-6-13-11(12)5-3-7-16-13/h2-7H,8-10H2,1H3,(H,18,19). The highest BCUT2D eigenvalue weighted by atomic mass is 16.5. The van der Waals surface area contributed by atoms with Gasteiger partial charge in [0.25, 0.3) is 5.91 Å². The zero-order valence-electron chi connectivity index (χ0n) is 11.7. The van der Waals surface area contributed by atoms with Crippen molar-refractivity contribution >= 4 is 22.8 Å². The maximum atomic E-state index is 12.6. The van der Waals surface area contributed by atoms with Gasteiger partial charge in [0.2, 0.25) is 0 Å². The summed E-state index contributed by atoms with van der Waals surface area (Å²) in [6.45, 7) is 0.138. The number of carbonyl (C=O) groups is 2. The fraction of sp³-hybridized carbons (Fsp3) is 0.267. The number of rotatable bonds is 6. The summed E-state index contributed by atoms with van der Waals surface area (Å²) in [5.74, 6) is -1.40. The van der Waals surface area contributed by atoms with Crippen molar-refractivity contribution in [3.8, 4) is 0 Å². The van der Waals surface area contributed by atoms with Gasteiger partial charge >= 0.3 is 5.97 Å². The molecule has 110 valence electrons. The highest BCUT2D eigenvalue weighted by Crippen LogP contribution is 2.18. The van der Waals surface area contributed by atoms with Crippen molar-refractivity contribution in [2.75, 3.05) is 26.8 Å². The Morgan fingerprint density at radius 2 is 2.10 bits per heavy atom. The highest BCUT2D eigenvalue weighted by molar-refractivity contribution is 6.06. The van der Waals surface area contributed by atoms with Crippen molar-refractivity contribution in [1.29, 1.82) is 0 Å². The maximum absolute atomic E-state index is 12.6. The first-order valence-electron chi connectivity index (χ1n) is 6.47. The van der Waals surface area contributed by atoms with Gasteiger partial charge in [0.05, 0.1) is 12.1 Å². The van der Waals surface area contributed by atoms with Crippen LogP contribution in [0.5, 0.6) is 0 Å². The van der Waals surface area contributed by atoms with E-state index in [2.05, 4.69) is 4.98 Å². The Morgan fingerprint density at radius 3 is 2.81 bits per heavy atom. The number of carboxylic acid groups (broad SMARTS) is 1. The molecule has 0 radical (unpaired) electrons. The number of hydrogen-bond acceptors (Lipinski definition) is 4. The smallest absolute Gasteiger partial charge is 0.323 e. The molecule has 0 aliphatic carbocycles. The van der Waals surface area contributed by atoms with E-state index in [1.165, 1.54) is 12.0 Å². The van der Waals surface area contributed by atoms with E-state index >= 15 is 0 Å². The van der Waals surface area contributed by atoms with Gasteiger partial charge in [0.15, 0.2) is 0 Å². The van der Waals surface area contributed by atoms with E-state index in [0.717, 1.165) is 0 Å². The van der Waals surface area contributed by atoms with Crippen LogP contribution in [0.4, 0.5) is 0 Å². The molecule has 0 bridgehead atoms. The minimum Gasteiger partial charge on any atom is -0.480 e. The molecule has 6 nitrogen and oxygen atoms in total. The van der Waals surface area contributed by atoms with Gasteiger partial charge in [-0.2, -0.15) is 0 Å². The SMILES string of the molecule is COCCN(CC(=O)O)C(=O)c1cccc2ncccc12. The lowest BCUT2D eigenvalue weighted by Gasteiger charge is -2.21. The number of aromatic nitrogens is 1. The molecule has 6 heteroatoms. The first-order valence-corrected chi connectivity index (χ1v) is 6.47. The van der Waals surface area contributed by atoms with Crippen LogP contribution in [-0.4, -0.2) is 53.7 Å². The van der Waals surface area contributed by atoms with Gasteiger partial charge in [-0.3, -0.25) is 14.6 Å². The molecular weight excluding hydrogens is 272 g/mol. The molecule has 0 atom stereocenters. The van der Waals surface area contributed by atoms with Gasteiger partial charge in [-0.25, -0.2) is 0 Å². The second kappa shape index (κ2) is 6.81. The summed E-state index contributed by atoms with van der Waals surface area (Å²) in [7, 11) is 1.51. The van der Waals surface area contributed by atoms with E-state index in [9.17, 15) is 9.59 Å². The second-order valence-electron chi connectivity index (χ2n) is 4.49. The van der Waals surface area contributed by atoms with Crippen LogP contribution in [0.15, 0.2) is 36.5 Å². The summed E-state index contributed by atoms with van der Waals surface area (Å²) < 4.78 is 4.93. The van der Waals surface area contributed by atoms with E-state index in [1.807, 2.05) is 6.07 Å². The molecule has 0 aliphatic rings. The number of carbonyl (C=O) groups excluding carboxylic acids is 1. The third kappa shape index (κ3) is 3.55. The van der Waals surface area contributed by atoms with Crippen molar-refractivity contribution in [3.63, 3.8) is 0 Å². The molecule has 0 unspecified atom stereocenters. The fourth-order valence-corrected chi connectivity index (χ4v) is 2.08. The number of carboxylic acids is 1. The van der Waals surface area contributed by atoms with Gasteiger partial charge in [-0.1, -0.05) is 12.1 Å². The van der Waals surface area contributed by atoms with Crippen LogP contribution < -0.4 is 0 Å². The van der Waals surface area contributed by atoms with Crippen LogP contribution in [0.2, 0.25) is 0 Å². The average Bonchev–Trinajstić information content (AvgIpc) is 2.50. The highest BCUT2D eigenvalue weighted by Gasteiger charge is 2.20. The molecule has 0 fully saturated rings. The lowest BCUT2D eigenvalue weighted by Crippen LogP contribution is -2.38. The molecular formula is C15H16N2O4. The summed E-state index contributed by atoms with van der Waals surface area (Å²) in [6, 6.07) is 8.76. The molecule has 0 saturated carbocycles. The Bertz CT molecular complexity index is 652. The topological polar surface area (TPSA) is 79.7 Å². The third-order valence-corrected chi connectivity index (χ3v) is 3.05. The quantitative estimate of drug-likeness (QED) is 0.869. The van der Waals surface area contributed by atoms with Crippen LogP contribution >= 0.6 is 0 Å². The second-order valence-corrected chi connectivity index (χ2v) is 4.49. The fourth-order valence-electron chi connectivity index (χ4n) is 2.08. The van der Waals surface area contributed by atoms with Crippen LogP contribution in [0.25, 0.3) is 10.9 Å². The summed E-state index contributed by atoms with van der Waals surface area (Å²) in [5, 5.41) is 9.65. The molecule has 2 aromatic rings. The normalized spacial score (nSPS) is 10.5. The molecule has 1 aromatic carbocycles. The van der Waals surface area contributed by atoms with Gasteiger partial charge in [-0.05, 0) is 18.2 Å². The number of hydrogen-bond donors (Lipinski definition) is 1. The summed E-state index contributed by atoms with van der Waals surface area (Å²) in [4.78, 5) is 29.0. The van der Waals surface area contributed by atoms with Gasteiger partial charge in [-0.15, -0.1) is 0 Å². The molecule has 1 N–H and O–H groups in total. The van der Waals surface area contributed by atoms with Crippen LogP contribution in [-0.2, 0) is 9.53 Å². The van der Waals surface area contributed by atoms with Gasteiger partial charge in [0, 0.05) is 30.8 Å². The minimum absolute atomic E-state index is 0.221. The predicted octanol–water partition coefficient (Wildman–Crippen LogP) is 1.41. The van der Waals surface area contributed by atoms with Gasteiger partial charge in [0.1, 0.15) is 6.54 Å². The van der Waals surface area contributed by atoms with Crippen molar-refractivity contribution in [3.05, 3.63) is 42.1 Å².